The predicted molar refractivity (Wildman–Crippen MR) is 114 cm³/mol. The SMILES string of the molecule is c1ccc(Oc2ccccc2[SiH2]c2ccccc2Oc2ccccc2)cc1. The van der Waals surface area contributed by atoms with Gasteiger partial charge in [-0.1, -0.05) is 72.8 Å². The van der Waals surface area contributed by atoms with E-state index in [4.69, 9.17) is 9.47 Å². The maximum atomic E-state index is 6.13. The van der Waals surface area contributed by atoms with Crippen molar-refractivity contribution in [1.82, 2.24) is 0 Å². The van der Waals surface area contributed by atoms with Gasteiger partial charge in [-0.25, -0.2) is 0 Å². The Morgan fingerprint density at radius 2 is 0.778 bits per heavy atom. The van der Waals surface area contributed by atoms with Gasteiger partial charge in [0.2, 0.25) is 0 Å². The molecule has 27 heavy (non-hydrogen) atoms. The van der Waals surface area contributed by atoms with E-state index in [9.17, 15) is 0 Å². The van der Waals surface area contributed by atoms with Gasteiger partial charge >= 0.3 is 0 Å². The first-order valence-electron chi connectivity index (χ1n) is 9.00. The van der Waals surface area contributed by atoms with E-state index >= 15 is 0 Å². The highest BCUT2D eigenvalue weighted by molar-refractivity contribution is 6.69. The molecule has 0 amide bonds. The highest BCUT2D eigenvalue weighted by atomic mass is 28.2. The van der Waals surface area contributed by atoms with Crippen molar-refractivity contribution in [3.63, 3.8) is 0 Å². The normalized spacial score (nSPS) is 10.4. The number of hydrogen-bond donors (Lipinski definition) is 0. The zero-order valence-electron chi connectivity index (χ0n) is 14.9. The maximum Gasteiger partial charge on any atom is 0.127 e. The highest BCUT2D eigenvalue weighted by Gasteiger charge is 2.10. The molecule has 4 aromatic rings. The molecule has 0 spiro atoms. The standard InChI is InChI=1S/C24H20O2Si/c1-3-11-19(12-4-1)25-21-15-7-9-17-23(21)27-24-18-10-8-16-22(24)26-20-13-5-2-6-14-20/h1-18H,27H2. The number of benzene rings is 4. The molecule has 0 heterocycles. The third-order valence-electron chi connectivity index (χ3n) is 4.27. The molecule has 0 saturated carbocycles. The number of rotatable bonds is 6. The minimum absolute atomic E-state index is 0.774. The third kappa shape index (κ3) is 4.46. The molecule has 0 unspecified atom stereocenters. The van der Waals surface area contributed by atoms with Crippen molar-refractivity contribution in [3.05, 3.63) is 109 Å². The summed E-state index contributed by atoms with van der Waals surface area (Å²) < 4.78 is 12.3. The summed E-state index contributed by atoms with van der Waals surface area (Å²) in [6.45, 7) is 0. The molecule has 0 aliphatic rings. The van der Waals surface area contributed by atoms with E-state index in [0.717, 1.165) is 23.0 Å². The zero-order chi connectivity index (χ0) is 18.3. The molecule has 0 bridgehead atoms. The van der Waals surface area contributed by atoms with E-state index < -0.39 is 9.52 Å². The molecule has 4 rings (SSSR count). The molecule has 2 nitrogen and oxygen atoms in total. The monoisotopic (exact) mass is 368 g/mol. The van der Waals surface area contributed by atoms with Gasteiger partial charge in [-0.2, -0.15) is 0 Å². The lowest BCUT2D eigenvalue weighted by atomic mass is 10.3. The summed E-state index contributed by atoms with van der Waals surface area (Å²) in [5, 5.41) is 2.51. The lowest BCUT2D eigenvalue weighted by Gasteiger charge is -2.14. The molecule has 0 aliphatic carbocycles. The fraction of sp³-hybridized carbons (Fsp3) is 0. The van der Waals surface area contributed by atoms with E-state index in [0.29, 0.717) is 0 Å². The van der Waals surface area contributed by atoms with Crippen LogP contribution in [0.2, 0.25) is 0 Å². The van der Waals surface area contributed by atoms with Gasteiger partial charge in [-0.05, 0) is 46.8 Å². The van der Waals surface area contributed by atoms with E-state index in [1.807, 2.05) is 84.9 Å². The average molecular weight is 369 g/mol. The largest absolute Gasteiger partial charge is 0.458 e. The Bertz CT molecular complexity index is 918. The first-order chi connectivity index (χ1) is 13.4. The van der Waals surface area contributed by atoms with Gasteiger partial charge in [0, 0.05) is 0 Å². The third-order valence-corrected chi connectivity index (χ3v) is 6.20. The molecular formula is C24H20O2Si. The van der Waals surface area contributed by atoms with E-state index in [1.54, 1.807) is 0 Å². The smallest absolute Gasteiger partial charge is 0.127 e. The summed E-state index contributed by atoms with van der Waals surface area (Å²) in [4.78, 5) is 0. The molecule has 0 atom stereocenters. The Morgan fingerprint density at radius 3 is 1.22 bits per heavy atom. The Labute approximate surface area is 161 Å². The molecule has 0 radical (unpaired) electrons. The second-order valence-electron chi connectivity index (χ2n) is 6.22. The van der Waals surface area contributed by atoms with Gasteiger partial charge in [0.05, 0.1) is 9.52 Å². The molecule has 4 aromatic carbocycles. The topological polar surface area (TPSA) is 18.5 Å². The lowest BCUT2D eigenvalue weighted by molar-refractivity contribution is 0.485. The molecule has 3 heteroatoms. The molecule has 0 aliphatic heterocycles. The quantitative estimate of drug-likeness (QED) is 0.470. The summed E-state index contributed by atoms with van der Waals surface area (Å²) >= 11 is 0. The predicted octanol–water partition coefficient (Wildman–Crippen LogP) is 4.39. The highest BCUT2D eigenvalue weighted by Crippen LogP contribution is 2.21. The van der Waals surface area contributed by atoms with Crippen molar-refractivity contribution in [2.45, 2.75) is 0 Å². The van der Waals surface area contributed by atoms with Gasteiger partial charge in [-0.3, -0.25) is 0 Å². The second kappa shape index (κ2) is 8.38. The average Bonchev–Trinajstić information content (AvgIpc) is 2.72. The summed E-state index contributed by atoms with van der Waals surface area (Å²) in [5.74, 6) is 3.55. The summed E-state index contributed by atoms with van der Waals surface area (Å²) in [7, 11) is -0.774. The van der Waals surface area contributed by atoms with E-state index in [2.05, 4.69) is 24.3 Å². The molecule has 0 saturated heterocycles. The van der Waals surface area contributed by atoms with Crippen LogP contribution >= 0.6 is 0 Å². The molecule has 0 fully saturated rings. The number of para-hydroxylation sites is 4. The van der Waals surface area contributed by atoms with Crippen LogP contribution in [-0.4, -0.2) is 9.52 Å². The van der Waals surface area contributed by atoms with Crippen LogP contribution in [-0.2, 0) is 0 Å². The second-order valence-corrected chi connectivity index (χ2v) is 8.10. The molecular weight excluding hydrogens is 348 g/mol. The molecule has 0 N–H and O–H groups in total. The van der Waals surface area contributed by atoms with Crippen molar-refractivity contribution >= 4 is 19.9 Å². The van der Waals surface area contributed by atoms with Crippen LogP contribution in [0.25, 0.3) is 0 Å². The number of hydrogen-bond acceptors (Lipinski definition) is 2. The van der Waals surface area contributed by atoms with Gasteiger partial charge in [-0.15, -0.1) is 0 Å². The van der Waals surface area contributed by atoms with Crippen LogP contribution in [0, 0.1) is 0 Å². The van der Waals surface area contributed by atoms with Crippen LogP contribution in [0.15, 0.2) is 109 Å². The van der Waals surface area contributed by atoms with Crippen molar-refractivity contribution < 1.29 is 9.47 Å². The van der Waals surface area contributed by atoms with Gasteiger partial charge in [0.25, 0.3) is 0 Å². The van der Waals surface area contributed by atoms with Crippen LogP contribution in [0.3, 0.4) is 0 Å². The first kappa shape index (κ1) is 17.1. The summed E-state index contributed by atoms with van der Waals surface area (Å²) in [6, 6.07) is 36.4. The van der Waals surface area contributed by atoms with Crippen LogP contribution < -0.4 is 19.8 Å². The van der Waals surface area contributed by atoms with Crippen molar-refractivity contribution in [2.24, 2.45) is 0 Å². The first-order valence-corrected chi connectivity index (χ1v) is 10.4. The minimum atomic E-state index is -0.774. The Morgan fingerprint density at radius 1 is 0.407 bits per heavy atom. The van der Waals surface area contributed by atoms with Gasteiger partial charge in [0.15, 0.2) is 0 Å². The van der Waals surface area contributed by atoms with Crippen LogP contribution in [0.4, 0.5) is 0 Å². The van der Waals surface area contributed by atoms with Crippen molar-refractivity contribution in [2.75, 3.05) is 0 Å². The maximum absolute atomic E-state index is 6.13. The fourth-order valence-electron chi connectivity index (χ4n) is 2.94. The Kier molecular flexibility index (Phi) is 5.32. The van der Waals surface area contributed by atoms with Crippen molar-refractivity contribution in [3.8, 4) is 23.0 Å². The van der Waals surface area contributed by atoms with Crippen LogP contribution in [0.1, 0.15) is 0 Å². The van der Waals surface area contributed by atoms with E-state index in [-0.39, 0.29) is 0 Å². The zero-order valence-corrected chi connectivity index (χ0v) is 16.3. The van der Waals surface area contributed by atoms with Gasteiger partial charge < -0.3 is 9.47 Å². The van der Waals surface area contributed by atoms with Crippen LogP contribution in [0.5, 0.6) is 23.0 Å². The number of ether oxygens (including phenoxy) is 2. The summed E-state index contributed by atoms with van der Waals surface area (Å²) in [5.41, 5.74) is 0. The molecule has 132 valence electrons. The Hall–Kier alpha value is -3.30. The summed E-state index contributed by atoms with van der Waals surface area (Å²) in [6.07, 6.45) is 0. The van der Waals surface area contributed by atoms with Crippen molar-refractivity contribution in [1.29, 1.82) is 0 Å². The minimum Gasteiger partial charge on any atom is -0.458 e. The van der Waals surface area contributed by atoms with Gasteiger partial charge in [0.1, 0.15) is 23.0 Å². The van der Waals surface area contributed by atoms with E-state index in [1.165, 1.54) is 10.4 Å². The lowest BCUT2D eigenvalue weighted by Crippen LogP contribution is -2.29. The molecule has 0 aromatic heterocycles. The Balaban J connectivity index is 1.60. The fourth-order valence-corrected chi connectivity index (χ4v) is 4.58.